The van der Waals surface area contributed by atoms with E-state index in [2.05, 4.69) is 19.2 Å². The summed E-state index contributed by atoms with van der Waals surface area (Å²) in [4.78, 5) is 0. The molecule has 0 aromatic heterocycles. The van der Waals surface area contributed by atoms with Crippen molar-refractivity contribution >= 4 is 0 Å². The second kappa shape index (κ2) is 2.53. The molecule has 52 valence electrons. The maximum Gasteiger partial charge on any atom is 0.00114 e. The van der Waals surface area contributed by atoms with Crippen molar-refractivity contribution in [3.8, 4) is 0 Å². The zero-order chi connectivity index (χ0) is 6.85. The van der Waals surface area contributed by atoms with Crippen LogP contribution in [0.5, 0.6) is 0 Å². The average Bonchev–Trinajstić information content (AvgIpc) is 2.47. The van der Waals surface area contributed by atoms with E-state index >= 15 is 0 Å². The minimum Gasteiger partial charge on any atom is -0.319 e. The third kappa shape index (κ3) is 1.55. The van der Waals surface area contributed by atoms with Crippen molar-refractivity contribution in [3.05, 3.63) is 11.1 Å². The van der Waals surface area contributed by atoms with E-state index in [-0.39, 0.29) is 0 Å². The fourth-order valence-corrected chi connectivity index (χ4v) is 1.27. The fraction of sp³-hybridized carbons (Fsp3) is 0.750. The molecule has 1 heteroatoms. The van der Waals surface area contributed by atoms with E-state index in [0.29, 0.717) is 0 Å². The minimum absolute atomic E-state index is 0.773. The SMILES string of the molecule is CNCC(C)C1=C(C)C1. The number of hydrogen-bond donors (Lipinski definition) is 1. The minimum atomic E-state index is 0.773. The van der Waals surface area contributed by atoms with E-state index in [1.165, 1.54) is 6.42 Å². The van der Waals surface area contributed by atoms with Crippen LogP contribution in [0.3, 0.4) is 0 Å². The van der Waals surface area contributed by atoms with Crippen molar-refractivity contribution in [2.24, 2.45) is 5.92 Å². The van der Waals surface area contributed by atoms with Crippen LogP contribution in [-0.4, -0.2) is 13.6 Å². The molecule has 0 bridgehead atoms. The van der Waals surface area contributed by atoms with Gasteiger partial charge in [-0.25, -0.2) is 0 Å². The van der Waals surface area contributed by atoms with E-state index in [9.17, 15) is 0 Å². The highest BCUT2D eigenvalue weighted by Crippen LogP contribution is 2.35. The summed E-state index contributed by atoms with van der Waals surface area (Å²) in [5, 5.41) is 3.18. The van der Waals surface area contributed by atoms with Gasteiger partial charge in [0.05, 0.1) is 0 Å². The van der Waals surface area contributed by atoms with Crippen LogP contribution < -0.4 is 5.32 Å². The normalized spacial score (nSPS) is 20.3. The van der Waals surface area contributed by atoms with Crippen LogP contribution in [0.4, 0.5) is 0 Å². The third-order valence-electron chi connectivity index (χ3n) is 1.98. The van der Waals surface area contributed by atoms with E-state index in [0.717, 1.165) is 12.5 Å². The van der Waals surface area contributed by atoms with Gasteiger partial charge in [0.15, 0.2) is 0 Å². The number of hydrogen-bond acceptors (Lipinski definition) is 1. The van der Waals surface area contributed by atoms with Gasteiger partial charge in [-0.2, -0.15) is 0 Å². The van der Waals surface area contributed by atoms with Gasteiger partial charge in [-0.15, -0.1) is 0 Å². The van der Waals surface area contributed by atoms with Crippen LogP contribution in [0.1, 0.15) is 20.3 Å². The molecule has 0 fully saturated rings. The van der Waals surface area contributed by atoms with Crippen LogP contribution in [0.25, 0.3) is 0 Å². The van der Waals surface area contributed by atoms with Crippen molar-refractivity contribution < 1.29 is 0 Å². The van der Waals surface area contributed by atoms with Gasteiger partial charge < -0.3 is 5.32 Å². The van der Waals surface area contributed by atoms with Crippen molar-refractivity contribution in [2.75, 3.05) is 13.6 Å². The first-order chi connectivity index (χ1) is 4.25. The molecule has 1 nitrogen and oxygen atoms in total. The number of rotatable bonds is 3. The highest BCUT2D eigenvalue weighted by molar-refractivity contribution is 5.34. The van der Waals surface area contributed by atoms with Crippen LogP contribution >= 0.6 is 0 Å². The molecule has 0 heterocycles. The predicted octanol–water partition coefficient (Wildman–Crippen LogP) is 1.56. The van der Waals surface area contributed by atoms with Gasteiger partial charge in [0.1, 0.15) is 0 Å². The van der Waals surface area contributed by atoms with Gasteiger partial charge in [-0.05, 0) is 26.3 Å². The van der Waals surface area contributed by atoms with E-state index in [1.54, 1.807) is 11.1 Å². The molecule has 0 aliphatic heterocycles. The molecule has 0 aromatic rings. The van der Waals surface area contributed by atoms with Crippen molar-refractivity contribution in [2.45, 2.75) is 20.3 Å². The Hall–Kier alpha value is -0.300. The molecule has 1 atom stereocenters. The van der Waals surface area contributed by atoms with Crippen LogP contribution in [0.2, 0.25) is 0 Å². The summed E-state index contributed by atoms with van der Waals surface area (Å²) in [6, 6.07) is 0. The Morgan fingerprint density at radius 2 is 2.22 bits per heavy atom. The topological polar surface area (TPSA) is 12.0 Å². The summed E-state index contributed by atoms with van der Waals surface area (Å²) in [6.07, 6.45) is 1.29. The van der Waals surface area contributed by atoms with E-state index in [4.69, 9.17) is 0 Å². The largest absolute Gasteiger partial charge is 0.319 e. The van der Waals surface area contributed by atoms with Crippen molar-refractivity contribution in [3.63, 3.8) is 0 Å². The summed E-state index contributed by atoms with van der Waals surface area (Å²) >= 11 is 0. The average molecular weight is 125 g/mol. The third-order valence-corrected chi connectivity index (χ3v) is 1.98. The van der Waals surface area contributed by atoms with Crippen molar-refractivity contribution in [1.82, 2.24) is 5.32 Å². The lowest BCUT2D eigenvalue weighted by atomic mass is 10.1. The van der Waals surface area contributed by atoms with Crippen LogP contribution in [0.15, 0.2) is 11.1 Å². The first kappa shape index (κ1) is 6.81. The quantitative estimate of drug-likeness (QED) is 0.564. The Kier molecular flexibility index (Phi) is 1.91. The highest BCUT2D eigenvalue weighted by Gasteiger charge is 2.21. The molecule has 0 amide bonds. The Labute approximate surface area is 57.1 Å². The first-order valence-corrected chi connectivity index (χ1v) is 3.58. The summed E-state index contributed by atoms with van der Waals surface area (Å²) < 4.78 is 0. The van der Waals surface area contributed by atoms with E-state index < -0.39 is 0 Å². The molecule has 0 aromatic carbocycles. The zero-order valence-electron chi connectivity index (χ0n) is 6.49. The van der Waals surface area contributed by atoms with Crippen LogP contribution in [0, 0.1) is 5.92 Å². The first-order valence-electron chi connectivity index (χ1n) is 3.58. The van der Waals surface area contributed by atoms with Gasteiger partial charge in [0.25, 0.3) is 0 Å². The Morgan fingerprint density at radius 1 is 1.67 bits per heavy atom. The summed E-state index contributed by atoms with van der Waals surface area (Å²) in [7, 11) is 2.01. The van der Waals surface area contributed by atoms with Gasteiger partial charge in [0, 0.05) is 6.54 Å². The molecule has 0 saturated carbocycles. The Bertz CT molecular complexity index is 136. The van der Waals surface area contributed by atoms with Gasteiger partial charge in [0.2, 0.25) is 0 Å². The van der Waals surface area contributed by atoms with Crippen LogP contribution in [-0.2, 0) is 0 Å². The maximum atomic E-state index is 3.18. The molecule has 1 aliphatic rings. The predicted molar refractivity (Wildman–Crippen MR) is 40.4 cm³/mol. The second-order valence-electron chi connectivity index (χ2n) is 2.94. The Balaban J connectivity index is 2.27. The Morgan fingerprint density at radius 3 is 2.56 bits per heavy atom. The molecule has 1 unspecified atom stereocenters. The molecular formula is C8H15N. The molecule has 1 N–H and O–H groups in total. The van der Waals surface area contributed by atoms with Gasteiger partial charge in [-0.3, -0.25) is 0 Å². The second-order valence-corrected chi connectivity index (χ2v) is 2.94. The van der Waals surface area contributed by atoms with E-state index in [1.807, 2.05) is 7.05 Å². The summed E-state index contributed by atoms with van der Waals surface area (Å²) in [6.45, 7) is 5.64. The van der Waals surface area contributed by atoms with Gasteiger partial charge in [-0.1, -0.05) is 18.1 Å². The summed E-state index contributed by atoms with van der Waals surface area (Å²) in [5.41, 5.74) is 3.28. The molecular weight excluding hydrogens is 110 g/mol. The summed E-state index contributed by atoms with van der Waals surface area (Å²) in [5.74, 6) is 0.773. The molecule has 0 radical (unpaired) electrons. The fourth-order valence-electron chi connectivity index (χ4n) is 1.27. The smallest absolute Gasteiger partial charge is 0.00114 e. The lowest BCUT2D eigenvalue weighted by Crippen LogP contribution is -2.15. The lowest BCUT2D eigenvalue weighted by Gasteiger charge is -2.03. The lowest BCUT2D eigenvalue weighted by molar-refractivity contribution is 0.631. The van der Waals surface area contributed by atoms with Gasteiger partial charge >= 0.3 is 0 Å². The number of allylic oxidation sites excluding steroid dienone is 1. The maximum absolute atomic E-state index is 3.18. The molecule has 0 saturated heterocycles. The molecule has 1 rings (SSSR count). The number of nitrogens with one attached hydrogen (secondary N) is 1. The zero-order valence-corrected chi connectivity index (χ0v) is 6.49. The standard InChI is InChI=1S/C8H15N/c1-6-4-8(6)7(2)5-9-3/h7,9H,4-5H2,1-3H3. The molecule has 0 spiro atoms. The molecule has 1 aliphatic carbocycles. The van der Waals surface area contributed by atoms with Crippen molar-refractivity contribution in [1.29, 1.82) is 0 Å². The highest BCUT2D eigenvalue weighted by atomic mass is 14.8. The molecule has 9 heavy (non-hydrogen) atoms. The monoisotopic (exact) mass is 125 g/mol.